The number of pyridine rings is 1. The minimum atomic E-state index is 0.0225. The van der Waals surface area contributed by atoms with Crippen LogP contribution in [-0.2, 0) is 13.0 Å². The van der Waals surface area contributed by atoms with Crippen molar-refractivity contribution in [1.82, 2.24) is 14.3 Å². The van der Waals surface area contributed by atoms with Crippen LogP contribution in [0.2, 0.25) is 0 Å². The first-order valence-electron chi connectivity index (χ1n) is 8.99. The lowest BCUT2D eigenvalue weighted by molar-refractivity contribution is 0.156. The number of aryl methyl sites for hydroxylation is 1. The Morgan fingerprint density at radius 1 is 1.28 bits per heavy atom. The molecule has 25 heavy (non-hydrogen) atoms. The molecule has 2 aliphatic rings. The monoisotopic (exact) mass is 351 g/mol. The molecule has 128 valence electrons. The number of nitrogens with zero attached hydrogens (tertiary/aromatic N) is 3. The Morgan fingerprint density at radius 2 is 2.16 bits per heavy atom. The van der Waals surface area contributed by atoms with Gasteiger partial charge in [0.25, 0.3) is 5.56 Å². The number of hydrogen-bond acceptors (Lipinski definition) is 4. The molecule has 0 radical (unpaired) electrons. The summed E-state index contributed by atoms with van der Waals surface area (Å²) in [5, 5.41) is 2.23. The highest BCUT2D eigenvalue weighted by molar-refractivity contribution is 7.10. The third kappa shape index (κ3) is 2.62. The molecule has 4 heterocycles. The minimum Gasteiger partial charge on any atom is -0.290 e. The standard InChI is InChI=1S/C20H21N3OS/c1-13-3-2-4-18-21-15(11-19(24)23(13)18)12-22-9-7-17-16(8-10-25-17)20(22)14-5-6-14/h2-4,8,10-11,14,20H,5-7,9,12H2,1H3. The number of thiophene rings is 1. The quantitative estimate of drug-likeness (QED) is 0.724. The smallest absolute Gasteiger partial charge is 0.258 e. The molecule has 0 bridgehead atoms. The molecule has 1 aliphatic carbocycles. The summed E-state index contributed by atoms with van der Waals surface area (Å²) in [5.41, 5.74) is 4.11. The van der Waals surface area contributed by atoms with Crippen molar-refractivity contribution in [2.75, 3.05) is 6.54 Å². The van der Waals surface area contributed by atoms with E-state index < -0.39 is 0 Å². The summed E-state index contributed by atoms with van der Waals surface area (Å²) in [5.74, 6) is 0.775. The number of rotatable bonds is 3. The highest BCUT2D eigenvalue weighted by Gasteiger charge is 2.39. The zero-order chi connectivity index (χ0) is 17.0. The van der Waals surface area contributed by atoms with Crippen molar-refractivity contribution in [3.63, 3.8) is 0 Å². The Balaban J connectivity index is 1.51. The van der Waals surface area contributed by atoms with Crippen molar-refractivity contribution in [2.45, 2.75) is 38.8 Å². The lowest BCUT2D eigenvalue weighted by Crippen LogP contribution is -2.36. The normalized spacial score (nSPS) is 20.8. The molecule has 4 nitrogen and oxygen atoms in total. The SMILES string of the molecule is Cc1cccc2nc(CN3CCc4sccc4C3C3CC3)cc(=O)n12. The molecule has 1 atom stereocenters. The van der Waals surface area contributed by atoms with Gasteiger partial charge in [0.05, 0.1) is 5.69 Å². The third-order valence-corrected chi connectivity index (χ3v) is 6.48. The van der Waals surface area contributed by atoms with Crippen molar-refractivity contribution < 1.29 is 0 Å². The van der Waals surface area contributed by atoms with Crippen LogP contribution in [0.5, 0.6) is 0 Å². The maximum absolute atomic E-state index is 12.6. The number of fused-ring (bicyclic) bond motifs is 2. The van der Waals surface area contributed by atoms with E-state index in [-0.39, 0.29) is 5.56 Å². The van der Waals surface area contributed by atoms with Crippen LogP contribution < -0.4 is 5.56 Å². The van der Waals surface area contributed by atoms with Gasteiger partial charge in [0.15, 0.2) is 0 Å². The fraction of sp³-hybridized carbons (Fsp3) is 0.400. The Morgan fingerprint density at radius 3 is 3.00 bits per heavy atom. The van der Waals surface area contributed by atoms with Gasteiger partial charge < -0.3 is 0 Å². The molecule has 0 saturated heterocycles. The maximum Gasteiger partial charge on any atom is 0.258 e. The summed E-state index contributed by atoms with van der Waals surface area (Å²) in [6, 6.07) is 10.4. The van der Waals surface area contributed by atoms with Gasteiger partial charge in [-0.2, -0.15) is 0 Å². The van der Waals surface area contributed by atoms with E-state index in [9.17, 15) is 4.79 Å². The van der Waals surface area contributed by atoms with E-state index in [4.69, 9.17) is 4.98 Å². The van der Waals surface area contributed by atoms with Gasteiger partial charge in [-0.15, -0.1) is 11.3 Å². The highest BCUT2D eigenvalue weighted by Crippen LogP contribution is 2.48. The molecular weight excluding hydrogens is 330 g/mol. The molecule has 0 aromatic carbocycles. The minimum absolute atomic E-state index is 0.0225. The summed E-state index contributed by atoms with van der Waals surface area (Å²) in [7, 11) is 0. The van der Waals surface area contributed by atoms with Crippen LogP contribution in [0.25, 0.3) is 5.65 Å². The van der Waals surface area contributed by atoms with Crippen LogP contribution in [0.15, 0.2) is 40.5 Å². The van der Waals surface area contributed by atoms with Gasteiger partial charge >= 0.3 is 0 Å². The Bertz CT molecular complexity index is 1000. The molecule has 0 amide bonds. The lowest BCUT2D eigenvalue weighted by atomic mass is 9.95. The van der Waals surface area contributed by atoms with Gasteiger partial charge in [-0.1, -0.05) is 6.07 Å². The third-order valence-electron chi connectivity index (χ3n) is 5.48. The van der Waals surface area contributed by atoms with Gasteiger partial charge in [0.2, 0.25) is 0 Å². The highest BCUT2D eigenvalue weighted by atomic mass is 32.1. The topological polar surface area (TPSA) is 37.6 Å². The molecular formula is C20H21N3OS. The fourth-order valence-electron chi connectivity index (χ4n) is 4.19. The van der Waals surface area contributed by atoms with Crippen molar-refractivity contribution >= 4 is 17.0 Å². The number of hydrogen-bond donors (Lipinski definition) is 0. The average Bonchev–Trinajstić information content (AvgIpc) is 3.30. The Kier molecular flexibility index (Phi) is 3.54. The first-order valence-corrected chi connectivity index (χ1v) is 9.87. The van der Waals surface area contributed by atoms with Crippen LogP contribution in [0.4, 0.5) is 0 Å². The molecule has 0 spiro atoms. The molecule has 5 heteroatoms. The molecule has 1 aliphatic heterocycles. The van der Waals surface area contributed by atoms with Crippen molar-refractivity contribution in [3.05, 3.63) is 67.9 Å². The van der Waals surface area contributed by atoms with E-state index in [1.165, 1.54) is 18.4 Å². The average molecular weight is 351 g/mol. The lowest BCUT2D eigenvalue weighted by Gasteiger charge is -2.36. The number of aromatic nitrogens is 2. The molecule has 1 unspecified atom stereocenters. The van der Waals surface area contributed by atoms with Crippen LogP contribution in [0.1, 0.15) is 40.7 Å². The van der Waals surface area contributed by atoms with Gasteiger partial charge in [-0.05, 0) is 61.2 Å². The van der Waals surface area contributed by atoms with E-state index in [1.54, 1.807) is 15.3 Å². The molecule has 0 N–H and O–H groups in total. The second kappa shape index (κ2) is 5.78. The summed E-state index contributed by atoms with van der Waals surface area (Å²) in [6.07, 6.45) is 3.76. The Labute approximate surface area is 150 Å². The zero-order valence-corrected chi connectivity index (χ0v) is 15.1. The van der Waals surface area contributed by atoms with E-state index >= 15 is 0 Å². The van der Waals surface area contributed by atoms with Gasteiger partial charge in [-0.3, -0.25) is 14.1 Å². The van der Waals surface area contributed by atoms with Gasteiger partial charge in [0, 0.05) is 35.8 Å². The van der Waals surface area contributed by atoms with Crippen molar-refractivity contribution in [3.8, 4) is 0 Å². The van der Waals surface area contributed by atoms with Gasteiger partial charge in [0.1, 0.15) is 5.65 Å². The first-order chi connectivity index (χ1) is 12.2. The van der Waals surface area contributed by atoms with E-state index in [1.807, 2.05) is 36.5 Å². The summed E-state index contributed by atoms with van der Waals surface area (Å²) >= 11 is 1.89. The maximum atomic E-state index is 12.6. The van der Waals surface area contributed by atoms with Crippen LogP contribution in [0, 0.1) is 12.8 Å². The van der Waals surface area contributed by atoms with Crippen LogP contribution in [0.3, 0.4) is 0 Å². The van der Waals surface area contributed by atoms with E-state index in [0.717, 1.165) is 42.5 Å². The molecule has 1 fully saturated rings. The first kappa shape index (κ1) is 15.3. The summed E-state index contributed by atoms with van der Waals surface area (Å²) in [6.45, 7) is 3.77. The van der Waals surface area contributed by atoms with Crippen LogP contribution >= 0.6 is 11.3 Å². The molecule has 3 aromatic heterocycles. The van der Waals surface area contributed by atoms with Crippen molar-refractivity contribution in [1.29, 1.82) is 0 Å². The second-order valence-electron chi connectivity index (χ2n) is 7.25. The molecule has 3 aromatic rings. The summed E-state index contributed by atoms with van der Waals surface area (Å²) < 4.78 is 1.69. The predicted molar refractivity (Wildman–Crippen MR) is 100 cm³/mol. The Hall–Kier alpha value is -1.98. The molecule has 5 rings (SSSR count). The fourth-order valence-corrected chi connectivity index (χ4v) is 5.11. The predicted octanol–water partition coefficient (Wildman–Crippen LogP) is 3.57. The zero-order valence-electron chi connectivity index (χ0n) is 14.3. The summed E-state index contributed by atoms with van der Waals surface area (Å²) in [4.78, 5) is 21.4. The largest absolute Gasteiger partial charge is 0.290 e. The van der Waals surface area contributed by atoms with Gasteiger partial charge in [-0.25, -0.2) is 4.98 Å². The second-order valence-corrected chi connectivity index (χ2v) is 8.25. The molecule has 1 saturated carbocycles. The van der Waals surface area contributed by atoms with E-state index in [0.29, 0.717) is 6.04 Å². The van der Waals surface area contributed by atoms with Crippen molar-refractivity contribution in [2.24, 2.45) is 5.92 Å². The van der Waals surface area contributed by atoms with Crippen LogP contribution in [-0.4, -0.2) is 20.8 Å². The van der Waals surface area contributed by atoms with E-state index in [2.05, 4.69) is 16.3 Å².